The molecule has 0 amide bonds. The van der Waals surface area contributed by atoms with Crippen LogP contribution < -0.4 is 0 Å². The number of hydrogen-bond donors (Lipinski definition) is 0. The molecule has 1 aromatic rings. The first-order valence-corrected chi connectivity index (χ1v) is 6.58. The Morgan fingerprint density at radius 3 is 2.31 bits per heavy atom. The Morgan fingerprint density at radius 1 is 1.25 bits per heavy atom. The molecule has 1 fully saturated rings. The van der Waals surface area contributed by atoms with Crippen LogP contribution in [0.5, 0.6) is 0 Å². The molecule has 0 aliphatic heterocycles. The second-order valence-electron chi connectivity index (χ2n) is 4.84. The number of nitriles is 1. The summed E-state index contributed by atoms with van der Waals surface area (Å²) in [6.45, 7) is 4.40. The SMILES string of the molecule is C[C@@H]1CC[C@@H](C)C1(C#N)c1ccccc1Br. The summed E-state index contributed by atoms with van der Waals surface area (Å²) < 4.78 is 1.07. The zero-order valence-corrected chi connectivity index (χ0v) is 11.3. The van der Waals surface area contributed by atoms with E-state index in [1.165, 1.54) is 0 Å². The minimum Gasteiger partial charge on any atom is -0.197 e. The van der Waals surface area contributed by atoms with Crippen LogP contribution >= 0.6 is 15.9 Å². The summed E-state index contributed by atoms with van der Waals surface area (Å²) in [6.07, 6.45) is 2.30. The average molecular weight is 278 g/mol. The lowest BCUT2D eigenvalue weighted by molar-refractivity contribution is 0.354. The Labute approximate surface area is 106 Å². The van der Waals surface area contributed by atoms with Crippen LogP contribution in [0.3, 0.4) is 0 Å². The minimum atomic E-state index is -0.305. The van der Waals surface area contributed by atoms with Crippen LogP contribution in [0, 0.1) is 23.2 Å². The quantitative estimate of drug-likeness (QED) is 0.752. The monoisotopic (exact) mass is 277 g/mol. The van der Waals surface area contributed by atoms with Gasteiger partial charge >= 0.3 is 0 Å². The topological polar surface area (TPSA) is 23.8 Å². The maximum Gasteiger partial charge on any atom is 0.0884 e. The first kappa shape index (κ1) is 11.7. The lowest BCUT2D eigenvalue weighted by atomic mass is 9.69. The van der Waals surface area contributed by atoms with E-state index in [2.05, 4.69) is 41.9 Å². The average Bonchev–Trinajstić information content (AvgIpc) is 2.57. The van der Waals surface area contributed by atoms with Crippen molar-refractivity contribution < 1.29 is 0 Å². The van der Waals surface area contributed by atoms with E-state index in [1.54, 1.807) is 0 Å². The van der Waals surface area contributed by atoms with E-state index in [9.17, 15) is 5.26 Å². The van der Waals surface area contributed by atoms with Crippen molar-refractivity contribution in [1.82, 2.24) is 0 Å². The van der Waals surface area contributed by atoms with Gasteiger partial charge in [-0.1, -0.05) is 48.0 Å². The van der Waals surface area contributed by atoms with E-state index in [4.69, 9.17) is 0 Å². The van der Waals surface area contributed by atoms with Crippen molar-refractivity contribution >= 4 is 15.9 Å². The molecule has 1 aliphatic rings. The molecule has 0 spiro atoms. The van der Waals surface area contributed by atoms with Gasteiger partial charge in [0.05, 0.1) is 11.5 Å². The zero-order chi connectivity index (χ0) is 11.8. The Hall–Kier alpha value is -0.810. The van der Waals surface area contributed by atoms with Gasteiger partial charge in [-0.25, -0.2) is 0 Å². The lowest BCUT2D eigenvalue weighted by Gasteiger charge is -2.32. The highest BCUT2D eigenvalue weighted by atomic mass is 79.9. The van der Waals surface area contributed by atoms with Crippen molar-refractivity contribution in [2.75, 3.05) is 0 Å². The van der Waals surface area contributed by atoms with Crippen molar-refractivity contribution in [3.63, 3.8) is 0 Å². The van der Waals surface area contributed by atoms with Crippen LogP contribution in [0.25, 0.3) is 0 Å². The van der Waals surface area contributed by atoms with Crippen LogP contribution in [0.1, 0.15) is 32.3 Å². The molecule has 1 saturated carbocycles. The van der Waals surface area contributed by atoms with E-state index in [0.717, 1.165) is 22.9 Å². The van der Waals surface area contributed by atoms with Crippen molar-refractivity contribution in [3.8, 4) is 6.07 Å². The first-order chi connectivity index (χ1) is 7.63. The molecule has 1 aliphatic carbocycles. The van der Waals surface area contributed by atoms with Gasteiger partial charge in [0.1, 0.15) is 0 Å². The summed E-state index contributed by atoms with van der Waals surface area (Å²) in [4.78, 5) is 0. The van der Waals surface area contributed by atoms with Crippen LogP contribution in [0.4, 0.5) is 0 Å². The normalized spacial score (nSPS) is 27.6. The molecule has 0 unspecified atom stereocenters. The fraction of sp³-hybridized carbons (Fsp3) is 0.500. The molecule has 1 aromatic carbocycles. The van der Waals surface area contributed by atoms with Crippen LogP contribution in [0.15, 0.2) is 28.7 Å². The number of nitrogens with zero attached hydrogens (tertiary/aromatic N) is 1. The molecule has 2 atom stereocenters. The molecule has 0 radical (unpaired) electrons. The Bertz CT molecular complexity index is 423. The van der Waals surface area contributed by atoms with E-state index in [0.29, 0.717) is 11.8 Å². The van der Waals surface area contributed by atoms with E-state index < -0.39 is 0 Å². The highest BCUT2D eigenvalue weighted by molar-refractivity contribution is 9.10. The summed E-state index contributed by atoms with van der Waals surface area (Å²) in [6, 6.07) is 10.8. The Kier molecular flexibility index (Phi) is 3.08. The third-order valence-electron chi connectivity index (χ3n) is 4.09. The molecule has 84 valence electrons. The van der Waals surface area contributed by atoms with Gasteiger partial charge in [-0.05, 0) is 36.3 Å². The number of halogens is 1. The van der Waals surface area contributed by atoms with Gasteiger partial charge in [-0.2, -0.15) is 5.26 Å². The number of rotatable bonds is 1. The fourth-order valence-electron chi connectivity index (χ4n) is 3.05. The minimum absolute atomic E-state index is 0.305. The molecule has 16 heavy (non-hydrogen) atoms. The van der Waals surface area contributed by atoms with Crippen LogP contribution in [0.2, 0.25) is 0 Å². The largest absolute Gasteiger partial charge is 0.197 e. The molecule has 0 bridgehead atoms. The van der Waals surface area contributed by atoms with Crippen molar-refractivity contribution in [3.05, 3.63) is 34.3 Å². The fourth-order valence-corrected chi connectivity index (χ4v) is 3.66. The van der Waals surface area contributed by atoms with Gasteiger partial charge < -0.3 is 0 Å². The van der Waals surface area contributed by atoms with Crippen LogP contribution in [-0.4, -0.2) is 0 Å². The van der Waals surface area contributed by atoms with Gasteiger partial charge in [-0.3, -0.25) is 0 Å². The predicted octanol–water partition coefficient (Wildman–Crippen LogP) is 4.28. The maximum atomic E-state index is 9.66. The molecular weight excluding hydrogens is 262 g/mol. The Balaban J connectivity index is 2.59. The summed E-state index contributed by atoms with van der Waals surface area (Å²) in [5, 5.41) is 9.66. The lowest BCUT2D eigenvalue weighted by Crippen LogP contribution is -2.33. The first-order valence-electron chi connectivity index (χ1n) is 5.79. The summed E-state index contributed by atoms with van der Waals surface area (Å²) >= 11 is 3.59. The molecule has 0 saturated heterocycles. The third-order valence-corrected chi connectivity index (χ3v) is 4.78. The molecule has 0 heterocycles. The number of hydrogen-bond acceptors (Lipinski definition) is 1. The zero-order valence-electron chi connectivity index (χ0n) is 9.70. The van der Waals surface area contributed by atoms with E-state index in [-0.39, 0.29) is 5.41 Å². The third kappa shape index (κ3) is 1.50. The van der Waals surface area contributed by atoms with Crippen LogP contribution in [-0.2, 0) is 5.41 Å². The summed E-state index contributed by atoms with van der Waals surface area (Å²) in [7, 11) is 0. The van der Waals surface area contributed by atoms with Gasteiger partial charge in [-0.15, -0.1) is 0 Å². The number of benzene rings is 1. The highest BCUT2D eigenvalue weighted by Gasteiger charge is 2.48. The molecular formula is C14H16BrN. The van der Waals surface area contributed by atoms with Gasteiger partial charge in [0.15, 0.2) is 0 Å². The second-order valence-corrected chi connectivity index (χ2v) is 5.69. The molecule has 1 nitrogen and oxygen atoms in total. The standard InChI is InChI=1S/C14H16BrN/c1-10-7-8-11(2)14(10,9-16)12-5-3-4-6-13(12)15/h3-6,10-11H,7-8H2,1-2H3/t10-,11-/m1/s1. The van der Waals surface area contributed by atoms with E-state index in [1.807, 2.05) is 18.2 Å². The van der Waals surface area contributed by atoms with Crippen molar-refractivity contribution in [2.24, 2.45) is 11.8 Å². The Morgan fingerprint density at radius 2 is 1.81 bits per heavy atom. The summed E-state index contributed by atoms with van der Waals surface area (Å²) in [5.74, 6) is 0.873. The second kappa shape index (κ2) is 4.22. The molecule has 0 aromatic heterocycles. The maximum absolute atomic E-state index is 9.66. The predicted molar refractivity (Wildman–Crippen MR) is 69.0 cm³/mol. The molecule has 2 rings (SSSR count). The van der Waals surface area contributed by atoms with Crippen molar-refractivity contribution in [2.45, 2.75) is 32.1 Å². The van der Waals surface area contributed by atoms with Gasteiger partial charge in [0, 0.05) is 4.47 Å². The highest BCUT2D eigenvalue weighted by Crippen LogP contribution is 2.50. The summed E-state index contributed by atoms with van der Waals surface area (Å²) in [5.41, 5.74) is 0.857. The van der Waals surface area contributed by atoms with E-state index >= 15 is 0 Å². The smallest absolute Gasteiger partial charge is 0.0884 e. The van der Waals surface area contributed by atoms with Gasteiger partial charge in [0.25, 0.3) is 0 Å². The van der Waals surface area contributed by atoms with Crippen molar-refractivity contribution in [1.29, 1.82) is 5.26 Å². The molecule has 2 heteroatoms. The van der Waals surface area contributed by atoms with Gasteiger partial charge in [0.2, 0.25) is 0 Å². The molecule has 0 N–H and O–H groups in total.